The number of nitrogens with one attached hydrogen (secondary N) is 1. The Morgan fingerprint density at radius 3 is 2.48 bits per heavy atom. The summed E-state index contributed by atoms with van der Waals surface area (Å²) in [4.78, 5) is 22.4. The summed E-state index contributed by atoms with van der Waals surface area (Å²) in [6.07, 6.45) is -0.385. The fraction of sp³-hybridized carbons (Fsp3) is 0.212. The van der Waals surface area contributed by atoms with Crippen molar-refractivity contribution in [2.45, 2.75) is 31.0 Å². The van der Waals surface area contributed by atoms with E-state index in [-0.39, 0.29) is 25.5 Å². The van der Waals surface area contributed by atoms with Gasteiger partial charge in [0.25, 0.3) is 5.91 Å². The van der Waals surface area contributed by atoms with Gasteiger partial charge in [0, 0.05) is 57.8 Å². The molecule has 0 fully saturated rings. The smallest absolute Gasteiger partial charge is 0.252 e. The fourth-order valence-electron chi connectivity index (χ4n) is 5.01. The van der Waals surface area contributed by atoms with Gasteiger partial charge >= 0.3 is 0 Å². The van der Waals surface area contributed by atoms with Crippen molar-refractivity contribution < 1.29 is 23.8 Å². The Balaban J connectivity index is 1.61. The molecule has 224 valence electrons. The minimum absolute atomic E-state index is 0.0170. The Hall–Kier alpha value is -4.70. The number of aliphatic hydroxyl groups excluding tert-OH is 1. The summed E-state index contributed by atoms with van der Waals surface area (Å²) in [5, 5.41) is 15.8. The Labute approximate surface area is 262 Å². The summed E-state index contributed by atoms with van der Waals surface area (Å²) in [5.74, 6) is -0.0856. The molecule has 0 bridgehead atoms. The molecule has 0 aliphatic carbocycles. The molecule has 1 heterocycles. The van der Waals surface area contributed by atoms with Crippen LogP contribution in [0.25, 0.3) is 10.4 Å². The van der Waals surface area contributed by atoms with Crippen molar-refractivity contribution in [3.63, 3.8) is 0 Å². The first kappa shape index (κ1) is 30.7. The van der Waals surface area contributed by atoms with Gasteiger partial charge in [-0.15, -0.1) is 0 Å². The molecular formula is C33H29BrFN5O4. The van der Waals surface area contributed by atoms with E-state index in [1.165, 1.54) is 6.07 Å². The topological polar surface area (TPSA) is 129 Å². The summed E-state index contributed by atoms with van der Waals surface area (Å²) in [6.45, 7) is 0.328. The lowest BCUT2D eigenvalue weighted by atomic mass is 9.81. The van der Waals surface area contributed by atoms with Crippen LogP contribution in [0, 0.1) is 5.82 Å². The maximum Gasteiger partial charge on any atom is 0.252 e. The Bertz CT molecular complexity index is 1710. The molecule has 4 aromatic rings. The molecule has 1 aliphatic heterocycles. The average Bonchev–Trinajstić information content (AvgIpc) is 3.42. The highest BCUT2D eigenvalue weighted by molar-refractivity contribution is 9.10. The first-order valence-electron chi connectivity index (χ1n) is 13.9. The third-order valence-electron chi connectivity index (χ3n) is 7.22. The number of aliphatic imine (C=N–C) groups is 1. The van der Waals surface area contributed by atoms with Crippen LogP contribution < -0.4 is 10.1 Å². The molecule has 4 aromatic carbocycles. The van der Waals surface area contributed by atoms with Crippen molar-refractivity contribution in [3.05, 3.63) is 140 Å². The number of nitrogens with zero attached hydrogens (tertiary/aromatic N) is 4. The van der Waals surface area contributed by atoms with E-state index in [9.17, 15) is 14.7 Å². The van der Waals surface area contributed by atoms with Crippen LogP contribution in [0.2, 0.25) is 0 Å². The van der Waals surface area contributed by atoms with Gasteiger partial charge < -0.3 is 19.9 Å². The van der Waals surface area contributed by atoms with Gasteiger partial charge in [0.15, 0.2) is 11.6 Å². The molecule has 11 heteroatoms. The highest BCUT2D eigenvalue weighted by Crippen LogP contribution is 2.45. The van der Waals surface area contributed by atoms with E-state index in [4.69, 9.17) is 19.6 Å². The monoisotopic (exact) mass is 657 g/mol. The lowest BCUT2D eigenvalue weighted by molar-refractivity contribution is -0.129. The number of ether oxygens (including phenoxy) is 2. The third kappa shape index (κ3) is 6.75. The highest BCUT2D eigenvalue weighted by Gasteiger charge is 2.54. The van der Waals surface area contributed by atoms with Crippen LogP contribution in [0.15, 0.2) is 112 Å². The van der Waals surface area contributed by atoms with Crippen LogP contribution in [0.4, 0.5) is 10.1 Å². The number of carbonyl (C=O) groups is 1. The summed E-state index contributed by atoms with van der Waals surface area (Å²) >= 11 is 3.62. The minimum Gasteiger partial charge on any atom is -0.494 e. The summed E-state index contributed by atoms with van der Waals surface area (Å²) in [6, 6.07) is 27.7. The zero-order chi connectivity index (χ0) is 30.9. The maximum atomic E-state index is 14.5. The number of amides is 1. The van der Waals surface area contributed by atoms with Gasteiger partial charge in [0.2, 0.25) is 5.90 Å². The molecule has 0 saturated heterocycles. The van der Waals surface area contributed by atoms with E-state index in [1.807, 2.05) is 24.3 Å². The lowest BCUT2D eigenvalue weighted by Crippen LogP contribution is -2.49. The lowest BCUT2D eigenvalue weighted by Gasteiger charge is -2.31. The van der Waals surface area contributed by atoms with Crippen LogP contribution in [0.3, 0.4) is 0 Å². The number of aliphatic hydroxyl groups is 1. The number of rotatable bonds is 12. The molecule has 0 unspecified atom stereocenters. The molecule has 1 amide bonds. The van der Waals surface area contributed by atoms with Crippen LogP contribution >= 0.6 is 15.9 Å². The van der Waals surface area contributed by atoms with E-state index in [0.717, 1.165) is 0 Å². The van der Waals surface area contributed by atoms with E-state index < -0.39 is 23.4 Å². The second kappa shape index (κ2) is 14.2. The number of azide groups is 1. The Morgan fingerprint density at radius 2 is 1.75 bits per heavy atom. The van der Waals surface area contributed by atoms with Gasteiger partial charge in [0.1, 0.15) is 11.6 Å². The molecule has 44 heavy (non-hydrogen) atoms. The molecule has 5 rings (SSSR count). The summed E-state index contributed by atoms with van der Waals surface area (Å²) < 4.78 is 27.5. The van der Waals surface area contributed by atoms with Gasteiger partial charge in [0.05, 0.1) is 6.61 Å². The zero-order valence-electron chi connectivity index (χ0n) is 23.6. The predicted octanol–water partition coefficient (Wildman–Crippen LogP) is 7.11. The molecule has 1 aliphatic rings. The molecule has 2 N–H and O–H groups in total. The number of halogens is 2. The van der Waals surface area contributed by atoms with E-state index in [2.05, 4.69) is 31.3 Å². The normalized spacial score (nSPS) is 17.2. The minimum atomic E-state index is -1.58. The van der Waals surface area contributed by atoms with Crippen LogP contribution in [-0.4, -0.2) is 35.7 Å². The average molecular weight is 659 g/mol. The number of carbonyl (C=O) groups excluding carboxylic acids is 1. The Kier molecular flexibility index (Phi) is 9.91. The van der Waals surface area contributed by atoms with Crippen molar-refractivity contribution in [3.8, 4) is 5.75 Å². The van der Waals surface area contributed by atoms with Gasteiger partial charge in [-0.2, -0.15) is 0 Å². The molecule has 0 aromatic heterocycles. The second-order valence-corrected chi connectivity index (χ2v) is 10.9. The van der Waals surface area contributed by atoms with Crippen molar-refractivity contribution in [2.24, 2.45) is 10.1 Å². The molecule has 0 saturated carbocycles. The van der Waals surface area contributed by atoms with Crippen molar-refractivity contribution in [1.29, 1.82) is 0 Å². The molecule has 0 spiro atoms. The molecule has 9 nitrogen and oxygen atoms in total. The first-order valence-corrected chi connectivity index (χ1v) is 14.7. The standard InChI is InChI=1S/C33H29BrFN5O4/c34-27-11-4-3-10-26(27)30-33(20-23-8-2-6-13-29(23)39-40-36,32(42)37-21-24-9-1-5-12-28(24)35)38-31(44-30)22-14-16-25(17-15-22)43-19-7-18-41/h1-6,8-17,30,41H,7,18-21H2,(H,37,42)/t30-,33-/m1/s1. The van der Waals surface area contributed by atoms with E-state index in [0.29, 0.717) is 51.2 Å². The first-order chi connectivity index (χ1) is 21.4. The highest BCUT2D eigenvalue weighted by atomic mass is 79.9. The fourth-order valence-corrected chi connectivity index (χ4v) is 5.51. The van der Waals surface area contributed by atoms with Crippen LogP contribution in [0.1, 0.15) is 34.8 Å². The number of hydrogen-bond acceptors (Lipinski definition) is 6. The summed E-state index contributed by atoms with van der Waals surface area (Å²) in [7, 11) is 0. The molecular weight excluding hydrogens is 629 g/mol. The van der Waals surface area contributed by atoms with Gasteiger partial charge in [-0.3, -0.25) is 4.79 Å². The van der Waals surface area contributed by atoms with Crippen LogP contribution in [-0.2, 0) is 22.5 Å². The van der Waals surface area contributed by atoms with Crippen molar-refractivity contribution in [1.82, 2.24) is 5.32 Å². The van der Waals surface area contributed by atoms with Crippen LogP contribution in [0.5, 0.6) is 5.75 Å². The number of benzene rings is 4. The van der Waals surface area contributed by atoms with Crippen molar-refractivity contribution >= 4 is 33.4 Å². The van der Waals surface area contributed by atoms with E-state index >= 15 is 0 Å². The predicted molar refractivity (Wildman–Crippen MR) is 168 cm³/mol. The third-order valence-corrected chi connectivity index (χ3v) is 7.94. The summed E-state index contributed by atoms with van der Waals surface area (Å²) in [5.41, 5.74) is 10.2. The van der Waals surface area contributed by atoms with Gasteiger partial charge in [-0.1, -0.05) is 81.7 Å². The molecule has 2 atom stereocenters. The second-order valence-electron chi connectivity index (χ2n) is 10.1. The quantitative estimate of drug-likeness (QED) is 0.0728. The van der Waals surface area contributed by atoms with Gasteiger partial charge in [-0.05, 0) is 47.5 Å². The number of hydrogen-bond donors (Lipinski definition) is 2. The SMILES string of the molecule is [N-]=[N+]=Nc1ccccc1C[C@@]1(C(=O)NCc2ccccc2F)N=C(c2ccc(OCCCO)cc2)O[C@@H]1c1ccccc1Br. The Morgan fingerprint density at radius 1 is 1.05 bits per heavy atom. The van der Waals surface area contributed by atoms with Crippen molar-refractivity contribution in [2.75, 3.05) is 13.2 Å². The van der Waals surface area contributed by atoms with E-state index in [1.54, 1.807) is 66.7 Å². The van der Waals surface area contributed by atoms with Gasteiger partial charge in [-0.25, -0.2) is 9.38 Å². The largest absolute Gasteiger partial charge is 0.494 e. The maximum absolute atomic E-state index is 14.5. The zero-order valence-corrected chi connectivity index (χ0v) is 25.2. The molecule has 0 radical (unpaired) electrons.